The lowest BCUT2D eigenvalue weighted by Crippen LogP contribution is -2.36. The molecule has 3 aromatic rings. The van der Waals surface area contributed by atoms with Gasteiger partial charge in [0.2, 0.25) is 0 Å². The van der Waals surface area contributed by atoms with Crippen LogP contribution in [-0.4, -0.2) is 44.2 Å². The van der Waals surface area contributed by atoms with Gasteiger partial charge in [0.25, 0.3) is 11.8 Å². The second kappa shape index (κ2) is 10.2. The molecule has 2 aliphatic heterocycles. The number of carbonyl (C=O) groups excluding carboxylic acids is 2. The highest BCUT2D eigenvalue weighted by Crippen LogP contribution is 2.29. The summed E-state index contributed by atoms with van der Waals surface area (Å²) >= 11 is 0. The van der Waals surface area contributed by atoms with Gasteiger partial charge >= 0.3 is 0 Å². The molecule has 5 rings (SSSR count). The molecule has 0 bridgehead atoms. The maximum absolute atomic E-state index is 12.9. The fourth-order valence-corrected chi connectivity index (χ4v) is 4.45. The van der Waals surface area contributed by atoms with E-state index in [4.69, 9.17) is 9.47 Å². The summed E-state index contributed by atoms with van der Waals surface area (Å²) in [5.74, 6) is 0.315. The average molecular weight is 472 g/mol. The molecule has 0 aromatic heterocycles. The molecule has 35 heavy (non-hydrogen) atoms. The zero-order chi connectivity index (χ0) is 24.2. The number of ether oxygens (including phenoxy) is 2. The highest BCUT2D eigenvalue weighted by atomic mass is 16.5. The van der Waals surface area contributed by atoms with Crippen molar-refractivity contribution in [2.75, 3.05) is 36.5 Å². The average Bonchev–Trinajstić information content (AvgIpc) is 3.34. The van der Waals surface area contributed by atoms with Crippen LogP contribution in [0.1, 0.15) is 34.5 Å². The maximum atomic E-state index is 12.9. The number of anilines is 2. The van der Waals surface area contributed by atoms with Gasteiger partial charge in [-0.05, 0) is 54.4 Å². The fourth-order valence-electron chi connectivity index (χ4n) is 4.45. The van der Waals surface area contributed by atoms with E-state index in [9.17, 15) is 9.59 Å². The molecule has 0 saturated carbocycles. The van der Waals surface area contributed by atoms with E-state index in [-0.39, 0.29) is 17.9 Å². The molecular formula is C28H29N3O4. The first-order valence-corrected chi connectivity index (χ1v) is 12.0. The summed E-state index contributed by atoms with van der Waals surface area (Å²) in [6.45, 7) is 5.23. The summed E-state index contributed by atoms with van der Waals surface area (Å²) in [6, 6.07) is 22.7. The molecule has 0 spiro atoms. The Balaban J connectivity index is 1.18. The van der Waals surface area contributed by atoms with Crippen molar-refractivity contribution in [3.05, 3.63) is 89.5 Å². The Labute approximate surface area is 205 Å². The first-order valence-electron chi connectivity index (χ1n) is 12.0. The maximum Gasteiger partial charge on any atom is 0.265 e. The molecule has 3 aromatic carbocycles. The summed E-state index contributed by atoms with van der Waals surface area (Å²) in [5, 5.41) is 5.93. The molecule has 2 unspecified atom stereocenters. The number of benzene rings is 3. The SMILES string of the molecule is CC(NC(=O)c1cccc(NC(=O)C2Cc3ccccc3O2)c1)c1ccc(N2CCOCC2)cc1. The van der Waals surface area contributed by atoms with E-state index in [0.717, 1.165) is 48.9 Å². The Morgan fingerprint density at radius 2 is 1.74 bits per heavy atom. The standard InChI is InChI=1S/C28H29N3O4/c1-19(20-9-11-24(12-10-20)31-13-15-34-16-14-31)29-27(32)22-6-4-7-23(17-22)30-28(33)26-18-21-5-2-3-8-25(21)35-26/h2-12,17,19,26H,13-16,18H2,1H3,(H,29,32)(H,30,33). The molecule has 2 N–H and O–H groups in total. The van der Waals surface area contributed by atoms with Crippen molar-refractivity contribution in [1.82, 2.24) is 5.32 Å². The van der Waals surface area contributed by atoms with Crippen molar-refractivity contribution in [2.24, 2.45) is 0 Å². The van der Waals surface area contributed by atoms with Crippen molar-refractivity contribution in [3.63, 3.8) is 0 Å². The van der Waals surface area contributed by atoms with Crippen LogP contribution in [0.2, 0.25) is 0 Å². The second-order valence-electron chi connectivity index (χ2n) is 8.87. The monoisotopic (exact) mass is 471 g/mol. The molecule has 1 fully saturated rings. The fraction of sp³-hybridized carbons (Fsp3) is 0.286. The summed E-state index contributed by atoms with van der Waals surface area (Å²) < 4.78 is 11.2. The van der Waals surface area contributed by atoms with E-state index in [1.54, 1.807) is 24.3 Å². The lowest BCUT2D eigenvalue weighted by molar-refractivity contribution is -0.122. The number of amides is 2. The number of carbonyl (C=O) groups is 2. The lowest BCUT2D eigenvalue weighted by Gasteiger charge is -2.29. The minimum Gasteiger partial charge on any atom is -0.480 e. The van der Waals surface area contributed by atoms with Gasteiger partial charge in [0, 0.05) is 36.4 Å². The quantitative estimate of drug-likeness (QED) is 0.569. The van der Waals surface area contributed by atoms with Crippen LogP contribution in [0.5, 0.6) is 5.75 Å². The Hall–Kier alpha value is -3.84. The summed E-state index contributed by atoms with van der Waals surface area (Å²) in [6.07, 6.45) is -0.0466. The van der Waals surface area contributed by atoms with E-state index in [2.05, 4.69) is 27.7 Å². The summed E-state index contributed by atoms with van der Waals surface area (Å²) in [4.78, 5) is 27.9. The molecule has 1 saturated heterocycles. The number of fused-ring (bicyclic) bond motifs is 1. The third-order valence-corrected chi connectivity index (χ3v) is 6.45. The van der Waals surface area contributed by atoms with E-state index >= 15 is 0 Å². The molecule has 180 valence electrons. The van der Waals surface area contributed by atoms with Gasteiger partial charge in [-0.3, -0.25) is 9.59 Å². The third-order valence-electron chi connectivity index (χ3n) is 6.45. The smallest absolute Gasteiger partial charge is 0.265 e. The summed E-state index contributed by atoms with van der Waals surface area (Å²) in [5.41, 5.74) is 4.25. The minimum atomic E-state index is -0.578. The van der Waals surface area contributed by atoms with Crippen LogP contribution in [0, 0.1) is 0 Å². The van der Waals surface area contributed by atoms with Gasteiger partial charge < -0.3 is 25.0 Å². The second-order valence-corrected chi connectivity index (χ2v) is 8.87. The normalized spacial score (nSPS) is 17.7. The van der Waals surface area contributed by atoms with Gasteiger partial charge in [-0.1, -0.05) is 36.4 Å². The molecule has 0 aliphatic carbocycles. The first-order chi connectivity index (χ1) is 17.1. The summed E-state index contributed by atoms with van der Waals surface area (Å²) in [7, 11) is 0. The van der Waals surface area contributed by atoms with Crippen LogP contribution in [0.3, 0.4) is 0 Å². The number of rotatable bonds is 6. The van der Waals surface area contributed by atoms with Crippen LogP contribution in [0.4, 0.5) is 11.4 Å². The topological polar surface area (TPSA) is 79.9 Å². The van der Waals surface area contributed by atoms with Gasteiger partial charge in [0.1, 0.15) is 5.75 Å². The molecule has 2 heterocycles. The molecule has 7 heteroatoms. The van der Waals surface area contributed by atoms with Gasteiger partial charge in [-0.15, -0.1) is 0 Å². The van der Waals surface area contributed by atoms with Crippen molar-refractivity contribution in [1.29, 1.82) is 0 Å². The van der Waals surface area contributed by atoms with Gasteiger partial charge in [0.05, 0.1) is 19.3 Å². The highest BCUT2D eigenvalue weighted by Gasteiger charge is 2.29. The van der Waals surface area contributed by atoms with E-state index in [0.29, 0.717) is 17.7 Å². The largest absolute Gasteiger partial charge is 0.480 e. The Morgan fingerprint density at radius 1 is 0.971 bits per heavy atom. The number of para-hydroxylation sites is 1. The van der Waals surface area contributed by atoms with Gasteiger partial charge in [0.15, 0.2) is 6.10 Å². The highest BCUT2D eigenvalue weighted by molar-refractivity contribution is 5.98. The van der Waals surface area contributed by atoms with Crippen LogP contribution >= 0.6 is 0 Å². The van der Waals surface area contributed by atoms with Crippen LogP contribution in [0.25, 0.3) is 0 Å². The Kier molecular flexibility index (Phi) is 6.68. The van der Waals surface area contributed by atoms with E-state index in [1.807, 2.05) is 43.3 Å². The molecule has 0 radical (unpaired) electrons. The van der Waals surface area contributed by atoms with E-state index in [1.165, 1.54) is 0 Å². The predicted octanol–water partition coefficient (Wildman–Crippen LogP) is 3.96. The third kappa shape index (κ3) is 5.30. The van der Waals surface area contributed by atoms with Crippen molar-refractivity contribution in [2.45, 2.75) is 25.5 Å². The lowest BCUT2D eigenvalue weighted by atomic mass is 10.1. The van der Waals surface area contributed by atoms with Crippen molar-refractivity contribution in [3.8, 4) is 5.75 Å². The number of nitrogens with zero attached hydrogens (tertiary/aromatic N) is 1. The van der Waals surface area contributed by atoms with Gasteiger partial charge in [-0.2, -0.15) is 0 Å². The van der Waals surface area contributed by atoms with Crippen molar-refractivity contribution < 1.29 is 19.1 Å². The Morgan fingerprint density at radius 3 is 2.51 bits per heavy atom. The zero-order valence-electron chi connectivity index (χ0n) is 19.7. The molecule has 7 nitrogen and oxygen atoms in total. The number of hydrogen-bond donors (Lipinski definition) is 2. The Bertz CT molecular complexity index is 1180. The molecule has 2 atom stereocenters. The number of morpholine rings is 1. The molecular weight excluding hydrogens is 442 g/mol. The first kappa shape index (κ1) is 22.9. The zero-order valence-corrected chi connectivity index (χ0v) is 19.7. The van der Waals surface area contributed by atoms with Crippen LogP contribution in [0.15, 0.2) is 72.8 Å². The van der Waals surface area contributed by atoms with Crippen molar-refractivity contribution >= 4 is 23.2 Å². The van der Waals surface area contributed by atoms with E-state index < -0.39 is 6.10 Å². The molecule has 2 aliphatic rings. The van der Waals surface area contributed by atoms with Crippen LogP contribution < -0.4 is 20.3 Å². The predicted molar refractivity (Wildman–Crippen MR) is 135 cm³/mol. The van der Waals surface area contributed by atoms with Gasteiger partial charge in [-0.25, -0.2) is 0 Å². The number of hydrogen-bond acceptors (Lipinski definition) is 5. The minimum absolute atomic E-state index is 0.162. The number of nitrogens with one attached hydrogen (secondary N) is 2. The van der Waals surface area contributed by atoms with Crippen LogP contribution in [-0.2, 0) is 16.0 Å². The molecule has 2 amide bonds.